The molecule has 0 saturated carbocycles. The van der Waals surface area contributed by atoms with Gasteiger partial charge in [-0.25, -0.2) is 4.79 Å². The number of carbonyl (C=O) groups excluding carboxylic acids is 1. The molecule has 2 amide bonds. The first-order chi connectivity index (χ1) is 9.91. The maximum Gasteiger partial charge on any atom is 0.320 e. The number of piperidine rings is 1. The van der Waals surface area contributed by atoms with Gasteiger partial charge in [-0.15, -0.1) is 0 Å². The van der Waals surface area contributed by atoms with Gasteiger partial charge in [-0.3, -0.25) is 4.79 Å². The van der Waals surface area contributed by atoms with Gasteiger partial charge in [-0.05, 0) is 38.0 Å². The maximum atomic E-state index is 12.7. The monoisotopic (exact) mass is 296 g/mol. The van der Waals surface area contributed by atoms with Gasteiger partial charge >= 0.3 is 12.0 Å². The van der Waals surface area contributed by atoms with Crippen molar-refractivity contribution in [3.8, 4) is 0 Å². The van der Waals surface area contributed by atoms with Crippen LogP contribution in [0, 0.1) is 11.3 Å². The van der Waals surface area contributed by atoms with E-state index in [1.807, 2.05) is 16.7 Å². The molecule has 5 nitrogen and oxygen atoms in total. The van der Waals surface area contributed by atoms with Crippen LogP contribution in [0.2, 0.25) is 0 Å². The second-order valence-electron chi connectivity index (χ2n) is 6.86. The second kappa shape index (κ2) is 6.24. The molecule has 0 aromatic rings. The zero-order valence-electron chi connectivity index (χ0n) is 13.5. The summed E-state index contributed by atoms with van der Waals surface area (Å²) in [4.78, 5) is 28.0. The van der Waals surface area contributed by atoms with Gasteiger partial charge in [0.2, 0.25) is 0 Å². The van der Waals surface area contributed by atoms with E-state index in [1.54, 1.807) is 0 Å². The van der Waals surface area contributed by atoms with Gasteiger partial charge in [0.05, 0.1) is 5.41 Å². The van der Waals surface area contributed by atoms with Crippen LogP contribution in [0.4, 0.5) is 4.79 Å². The van der Waals surface area contributed by atoms with E-state index < -0.39 is 11.4 Å². The highest BCUT2D eigenvalue weighted by Gasteiger charge is 2.42. The van der Waals surface area contributed by atoms with Crippen LogP contribution >= 0.6 is 0 Å². The molecule has 2 heterocycles. The number of hydrogen-bond acceptors (Lipinski definition) is 2. The molecule has 21 heavy (non-hydrogen) atoms. The lowest BCUT2D eigenvalue weighted by Crippen LogP contribution is -2.52. The van der Waals surface area contributed by atoms with E-state index in [9.17, 15) is 14.7 Å². The van der Waals surface area contributed by atoms with Crippen molar-refractivity contribution in [2.24, 2.45) is 11.3 Å². The lowest BCUT2D eigenvalue weighted by atomic mass is 9.76. The Balaban J connectivity index is 1.99. The predicted molar refractivity (Wildman–Crippen MR) is 81.1 cm³/mol. The third-order valence-corrected chi connectivity index (χ3v) is 5.44. The Morgan fingerprint density at radius 1 is 1.24 bits per heavy atom. The summed E-state index contributed by atoms with van der Waals surface area (Å²) in [6.07, 6.45) is 3.96. The summed E-state index contributed by atoms with van der Waals surface area (Å²) >= 11 is 0. The van der Waals surface area contributed by atoms with Crippen molar-refractivity contribution >= 4 is 12.0 Å². The summed E-state index contributed by atoms with van der Waals surface area (Å²) in [5.74, 6) is -0.228. The van der Waals surface area contributed by atoms with Crippen LogP contribution in [0.25, 0.3) is 0 Å². The Kier molecular flexibility index (Phi) is 4.79. The Morgan fingerprint density at radius 2 is 1.86 bits per heavy atom. The van der Waals surface area contributed by atoms with E-state index in [4.69, 9.17) is 0 Å². The number of carboxylic acids is 1. The molecule has 0 spiro atoms. The quantitative estimate of drug-likeness (QED) is 0.871. The van der Waals surface area contributed by atoms with Gasteiger partial charge in [0.15, 0.2) is 0 Å². The van der Waals surface area contributed by atoms with Crippen LogP contribution in [-0.4, -0.2) is 52.6 Å². The van der Waals surface area contributed by atoms with Gasteiger partial charge in [0.25, 0.3) is 0 Å². The number of likely N-dealkylation sites (tertiary alicyclic amines) is 2. The normalized spacial score (nSPS) is 25.4. The number of hydrogen-bond donors (Lipinski definition) is 1. The summed E-state index contributed by atoms with van der Waals surface area (Å²) < 4.78 is 0. The molecule has 0 aromatic carbocycles. The van der Waals surface area contributed by atoms with Crippen LogP contribution in [-0.2, 0) is 4.79 Å². The molecular formula is C16H28N2O3. The molecule has 2 saturated heterocycles. The van der Waals surface area contributed by atoms with Gasteiger partial charge in [0, 0.05) is 25.7 Å². The Hall–Kier alpha value is -1.26. The van der Waals surface area contributed by atoms with Gasteiger partial charge in [-0.1, -0.05) is 20.8 Å². The largest absolute Gasteiger partial charge is 0.481 e. The Labute approximate surface area is 127 Å². The van der Waals surface area contributed by atoms with E-state index in [0.717, 1.165) is 19.4 Å². The number of carboxylic acid groups (broad SMARTS) is 1. The molecule has 2 fully saturated rings. The van der Waals surface area contributed by atoms with Gasteiger partial charge < -0.3 is 14.9 Å². The zero-order valence-corrected chi connectivity index (χ0v) is 13.5. The smallest absolute Gasteiger partial charge is 0.320 e. The summed E-state index contributed by atoms with van der Waals surface area (Å²) in [5, 5.41) is 9.43. The third-order valence-electron chi connectivity index (χ3n) is 5.44. The van der Waals surface area contributed by atoms with E-state index in [1.165, 1.54) is 0 Å². The van der Waals surface area contributed by atoms with Crippen LogP contribution in [0.5, 0.6) is 0 Å². The molecular weight excluding hydrogens is 268 g/mol. The van der Waals surface area contributed by atoms with Crippen LogP contribution in [0.3, 0.4) is 0 Å². The van der Waals surface area contributed by atoms with Crippen molar-refractivity contribution in [3.05, 3.63) is 0 Å². The zero-order chi connectivity index (χ0) is 15.6. The number of carbonyl (C=O) groups is 2. The average Bonchev–Trinajstić information content (AvgIpc) is 2.96. The number of nitrogens with zero attached hydrogens (tertiary/aromatic N) is 2. The highest BCUT2D eigenvalue weighted by molar-refractivity contribution is 5.77. The average molecular weight is 296 g/mol. The SMILES string of the molecule is CCC1(C(=O)O)CCN(C(=O)N2CCCC2C(C)C)CC1. The first kappa shape index (κ1) is 16.1. The summed E-state index contributed by atoms with van der Waals surface area (Å²) in [6.45, 7) is 8.25. The van der Waals surface area contributed by atoms with E-state index >= 15 is 0 Å². The van der Waals surface area contributed by atoms with Crippen LogP contribution in [0.15, 0.2) is 0 Å². The third kappa shape index (κ3) is 3.01. The molecule has 0 radical (unpaired) electrons. The van der Waals surface area contributed by atoms with E-state index in [-0.39, 0.29) is 6.03 Å². The van der Waals surface area contributed by atoms with Crippen molar-refractivity contribution in [3.63, 3.8) is 0 Å². The van der Waals surface area contributed by atoms with Crippen molar-refractivity contribution in [2.45, 2.75) is 58.9 Å². The second-order valence-corrected chi connectivity index (χ2v) is 6.86. The van der Waals surface area contributed by atoms with Crippen molar-refractivity contribution in [2.75, 3.05) is 19.6 Å². The first-order valence-electron chi connectivity index (χ1n) is 8.20. The minimum atomic E-state index is -0.710. The van der Waals surface area contributed by atoms with Crippen LogP contribution < -0.4 is 0 Å². The fourth-order valence-electron chi connectivity index (χ4n) is 3.75. The molecule has 1 atom stereocenters. The lowest BCUT2D eigenvalue weighted by Gasteiger charge is -2.41. The fourth-order valence-corrected chi connectivity index (χ4v) is 3.75. The highest BCUT2D eigenvalue weighted by atomic mass is 16.4. The Morgan fingerprint density at radius 3 is 2.33 bits per heavy atom. The predicted octanol–water partition coefficient (Wildman–Crippen LogP) is 2.80. The molecule has 120 valence electrons. The molecule has 0 bridgehead atoms. The molecule has 1 unspecified atom stereocenters. The summed E-state index contributed by atoms with van der Waals surface area (Å²) in [5.41, 5.74) is -0.626. The topological polar surface area (TPSA) is 60.9 Å². The van der Waals surface area contributed by atoms with Crippen molar-refractivity contribution in [1.82, 2.24) is 9.80 Å². The van der Waals surface area contributed by atoms with Crippen molar-refractivity contribution in [1.29, 1.82) is 0 Å². The standard InChI is InChI=1S/C16H28N2O3/c1-4-16(14(19)20)7-10-17(11-8-16)15(21)18-9-5-6-13(18)12(2)3/h12-13H,4-11H2,1-3H3,(H,19,20). The van der Waals surface area contributed by atoms with Crippen molar-refractivity contribution < 1.29 is 14.7 Å². The molecule has 5 heteroatoms. The number of rotatable bonds is 3. The van der Waals surface area contributed by atoms with E-state index in [0.29, 0.717) is 44.3 Å². The first-order valence-corrected chi connectivity index (χ1v) is 8.20. The van der Waals surface area contributed by atoms with Gasteiger partial charge in [0.1, 0.15) is 0 Å². The summed E-state index contributed by atoms with van der Waals surface area (Å²) in [6, 6.07) is 0.455. The molecule has 2 aliphatic heterocycles. The van der Waals surface area contributed by atoms with Crippen LogP contribution in [0.1, 0.15) is 52.9 Å². The molecule has 2 aliphatic rings. The Bertz CT molecular complexity index is 400. The van der Waals surface area contributed by atoms with Gasteiger partial charge in [-0.2, -0.15) is 0 Å². The molecule has 0 aromatic heterocycles. The maximum absolute atomic E-state index is 12.7. The highest BCUT2D eigenvalue weighted by Crippen LogP contribution is 2.36. The molecule has 0 aliphatic carbocycles. The molecule has 2 rings (SSSR count). The minimum Gasteiger partial charge on any atom is -0.481 e. The lowest BCUT2D eigenvalue weighted by molar-refractivity contribution is -0.152. The fraction of sp³-hybridized carbons (Fsp3) is 0.875. The molecule has 1 N–H and O–H groups in total. The number of urea groups is 1. The minimum absolute atomic E-state index is 0.112. The number of aliphatic carboxylic acids is 1. The summed E-state index contributed by atoms with van der Waals surface area (Å²) in [7, 11) is 0. The number of amides is 2. The van der Waals surface area contributed by atoms with E-state index in [2.05, 4.69) is 13.8 Å².